The number of amides is 1. The second-order valence-electron chi connectivity index (χ2n) is 5.94. The number of carbonyl (C=O) groups excluding carboxylic acids is 4. The van der Waals surface area contributed by atoms with Crippen molar-refractivity contribution in [2.75, 3.05) is 27.3 Å². The van der Waals surface area contributed by atoms with Crippen LogP contribution in [0.3, 0.4) is 0 Å². The van der Waals surface area contributed by atoms with Gasteiger partial charge < -0.3 is 19.1 Å². The number of ether oxygens (including phenoxy) is 3. The minimum absolute atomic E-state index is 0.187. The second kappa shape index (κ2) is 6.76. The van der Waals surface area contributed by atoms with E-state index in [9.17, 15) is 19.2 Å². The highest BCUT2D eigenvalue weighted by atomic mass is 16.6. The summed E-state index contributed by atoms with van der Waals surface area (Å²) in [7, 11) is 2.27. The Morgan fingerprint density at radius 1 is 1.00 bits per heavy atom. The Morgan fingerprint density at radius 2 is 1.41 bits per heavy atom. The van der Waals surface area contributed by atoms with Crippen molar-refractivity contribution >= 4 is 23.8 Å². The smallest absolute Gasteiger partial charge is 0.410 e. The fourth-order valence-corrected chi connectivity index (χ4v) is 2.08. The predicted molar refractivity (Wildman–Crippen MR) is 73.8 cm³/mol. The number of carbonyl (C=O) groups is 4. The maximum Gasteiger partial charge on any atom is 0.410 e. The van der Waals surface area contributed by atoms with Crippen molar-refractivity contribution < 1.29 is 33.4 Å². The number of nitrogens with zero attached hydrogens (tertiary/aromatic N) is 1. The average molecular weight is 315 g/mol. The normalized spacial score (nSPS) is 22.0. The maximum atomic E-state index is 12.2. The highest BCUT2D eigenvalue weighted by molar-refractivity contribution is 6.09. The molecule has 0 aromatic heterocycles. The van der Waals surface area contributed by atoms with E-state index < -0.39 is 41.3 Å². The number of esters is 2. The molecule has 2 atom stereocenters. The van der Waals surface area contributed by atoms with E-state index in [1.165, 1.54) is 0 Å². The van der Waals surface area contributed by atoms with Crippen LogP contribution in [0.2, 0.25) is 0 Å². The van der Waals surface area contributed by atoms with Gasteiger partial charge in [0, 0.05) is 13.1 Å². The van der Waals surface area contributed by atoms with E-state index in [0.717, 1.165) is 19.1 Å². The third kappa shape index (κ3) is 4.19. The molecule has 0 aromatic rings. The molecule has 0 radical (unpaired) electrons. The third-order valence-corrected chi connectivity index (χ3v) is 3.12. The van der Waals surface area contributed by atoms with E-state index in [4.69, 9.17) is 4.74 Å². The summed E-state index contributed by atoms with van der Waals surface area (Å²) in [6, 6.07) is 0. The van der Waals surface area contributed by atoms with E-state index in [1.54, 1.807) is 20.8 Å². The zero-order valence-corrected chi connectivity index (χ0v) is 13.4. The molecule has 8 nitrogen and oxygen atoms in total. The van der Waals surface area contributed by atoms with Gasteiger partial charge in [-0.3, -0.25) is 14.4 Å². The summed E-state index contributed by atoms with van der Waals surface area (Å²) in [4.78, 5) is 48.9. The lowest BCUT2D eigenvalue weighted by Crippen LogP contribution is -2.55. The Morgan fingerprint density at radius 3 is 1.73 bits per heavy atom. The van der Waals surface area contributed by atoms with E-state index >= 15 is 0 Å². The monoisotopic (exact) mass is 315 g/mol. The van der Waals surface area contributed by atoms with E-state index in [0.29, 0.717) is 0 Å². The van der Waals surface area contributed by atoms with Crippen molar-refractivity contribution in [3.8, 4) is 0 Å². The van der Waals surface area contributed by atoms with Gasteiger partial charge in [-0.05, 0) is 20.8 Å². The van der Waals surface area contributed by atoms with Crippen LogP contribution in [0.4, 0.5) is 4.79 Å². The summed E-state index contributed by atoms with van der Waals surface area (Å²) < 4.78 is 14.3. The number of hydrogen-bond acceptors (Lipinski definition) is 7. The number of Topliss-reactive ketones (excluding diaryl/α,β-unsaturated/α-hetero) is 1. The number of ketones is 1. The molecule has 0 aliphatic carbocycles. The molecule has 1 amide bonds. The SMILES string of the molecule is COC(=O)C1CN(C(=O)OC(C)(C)C)CC(C(=O)OC)C1=O. The van der Waals surface area contributed by atoms with Gasteiger partial charge in [0.25, 0.3) is 0 Å². The molecule has 1 fully saturated rings. The Balaban J connectivity index is 3.00. The van der Waals surface area contributed by atoms with E-state index in [-0.39, 0.29) is 13.1 Å². The highest BCUT2D eigenvalue weighted by Crippen LogP contribution is 2.22. The Hall–Kier alpha value is -2.12. The largest absolute Gasteiger partial charge is 0.468 e. The van der Waals surface area contributed by atoms with Crippen LogP contribution in [0.5, 0.6) is 0 Å². The Kier molecular flexibility index (Phi) is 5.51. The molecule has 1 saturated heterocycles. The summed E-state index contributed by atoms with van der Waals surface area (Å²) in [5.74, 6) is -4.66. The zero-order valence-electron chi connectivity index (χ0n) is 13.4. The summed E-state index contributed by atoms with van der Waals surface area (Å²) in [5, 5.41) is 0. The molecule has 1 aliphatic heterocycles. The number of piperidine rings is 1. The lowest BCUT2D eigenvalue weighted by atomic mass is 9.87. The van der Waals surface area contributed by atoms with Crippen LogP contribution in [0.1, 0.15) is 20.8 Å². The lowest BCUT2D eigenvalue weighted by Gasteiger charge is -2.35. The van der Waals surface area contributed by atoms with Gasteiger partial charge in [0.2, 0.25) is 0 Å². The summed E-state index contributed by atoms with van der Waals surface area (Å²) in [6.45, 7) is 4.70. The van der Waals surface area contributed by atoms with Gasteiger partial charge in [0.1, 0.15) is 17.4 Å². The fourth-order valence-electron chi connectivity index (χ4n) is 2.08. The van der Waals surface area contributed by atoms with Gasteiger partial charge in [-0.25, -0.2) is 4.79 Å². The minimum Gasteiger partial charge on any atom is -0.468 e. The summed E-state index contributed by atoms with van der Waals surface area (Å²) >= 11 is 0. The van der Waals surface area contributed by atoms with Gasteiger partial charge in [-0.2, -0.15) is 0 Å². The van der Waals surface area contributed by atoms with Crippen molar-refractivity contribution in [1.29, 1.82) is 0 Å². The number of hydrogen-bond donors (Lipinski definition) is 0. The predicted octanol–water partition coefficient (Wildman–Crippen LogP) is 0.385. The average Bonchev–Trinajstić information content (AvgIpc) is 2.43. The molecular formula is C14H21NO7. The van der Waals surface area contributed by atoms with Crippen LogP contribution in [-0.2, 0) is 28.6 Å². The van der Waals surface area contributed by atoms with Gasteiger partial charge in [-0.1, -0.05) is 0 Å². The number of rotatable bonds is 2. The number of likely N-dealkylation sites (tertiary alicyclic amines) is 1. The van der Waals surface area contributed by atoms with Gasteiger partial charge in [0.05, 0.1) is 14.2 Å². The number of methoxy groups -OCH3 is 2. The second-order valence-corrected chi connectivity index (χ2v) is 5.94. The van der Waals surface area contributed by atoms with Crippen molar-refractivity contribution in [2.24, 2.45) is 11.8 Å². The first kappa shape index (κ1) is 17.9. The van der Waals surface area contributed by atoms with Crippen molar-refractivity contribution in [3.05, 3.63) is 0 Å². The topological polar surface area (TPSA) is 99.2 Å². The van der Waals surface area contributed by atoms with Crippen LogP contribution >= 0.6 is 0 Å². The van der Waals surface area contributed by atoms with Crippen LogP contribution in [-0.4, -0.2) is 61.6 Å². The summed E-state index contributed by atoms with van der Waals surface area (Å²) in [5.41, 5.74) is -0.736. The summed E-state index contributed by atoms with van der Waals surface area (Å²) in [6.07, 6.45) is -0.706. The standard InChI is InChI=1S/C14H21NO7/c1-14(2,3)22-13(19)15-6-8(11(17)20-4)10(16)9(7-15)12(18)21-5/h8-9H,6-7H2,1-5H3. The Labute approximate surface area is 128 Å². The molecule has 0 N–H and O–H groups in total. The van der Waals surface area contributed by atoms with Crippen LogP contribution < -0.4 is 0 Å². The van der Waals surface area contributed by atoms with Gasteiger partial charge >= 0.3 is 18.0 Å². The van der Waals surface area contributed by atoms with E-state index in [1.807, 2.05) is 0 Å². The van der Waals surface area contributed by atoms with Gasteiger partial charge in [0.15, 0.2) is 5.78 Å². The van der Waals surface area contributed by atoms with Crippen LogP contribution in [0, 0.1) is 11.8 Å². The van der Waals surface area contributed by atoms with Crippen molar-refractivity contribution in [1.82, 2.24) is 4.90 Å². The van der Waals surface area contributed by atoms with Crippen molar-refractivity contribution in [3.63, 3.8) is 0 Å². The lowest BCUT2D eigenvalue weighted by molar-refractivity contribution is -0.159. The highest BCUT2D eigenvalue weighted by Gasteiger charge is 2.46. The molecule has 0 bridgehead atoms. The molecule has 0 saturated carbocycles. The zero-order chi connectivity index (χ0) is 17.1. The fraction of sp³-hybridized carbons (Fsp3) is 0.714. The van der Waals surface area contributed by atoms with E-state index in [2.05, 4.69) is 9.47 Å². The molecule has 0 spiro atoms. The van der Waals surface area contributed by atoms with Crippen molar-refractivity contribution in [2.45, 2.75) is 26.4 Å². The first-order valence-corrected chi connectivity index (χ1v) is 6.78. The maximum absolute atomic E-state index is 12.2. The quantitative estimate of drug-likeness (QED) is 0.413. The van der Waals surface area contributed by atoms with Crippen LogP contribution in [0.25, 0.3) is 0 Å². The first-order valence-electron chi connectivity index (χ1n) is 6.78. The molecule has 1 heterocycles. The molecule has 22 heavy (non-hydrogen) atoms. The molecule has 8 heteroatoms. The minimum atomic E-state index is -1.23. The molecule has 2 unspecified atom stereocenters. The van der Waals surface area contributed by atoms with Gasteiger partial charge in [-0.15, -0.1) is 0 Å². The van der Waals surface area contributed by atoms with Crippen LogP contribution in [0.15, 0.2) is 0 Å². The molecule has 0 aromatic carbocycles. The molecule has 1 rings (SSSR count). The Bertz CT molecular complexity index is 452. The molecule has 1 aliphatic rings. The first-order chi connectivity index (χ1) is 10.1. The molecular weight excluding hydrogens is 294 g/mol. The molecule has 124 valence electrons. The third-order valence-electron chi connectivity index (χ3n) is 3.12.